The lowest BCUT2D eigenvalue weighted by molar-refractivity contribution is -0.122. The fraction of sp³-hybridized carbons (Fsp3) is 0.316. The molecular formula is C19H23NO2. The Bertz CT molecular complexity index is 651. The highest BCUT2D eigenvalue weighted by Gasteiger charge is 2.15. The van der Waals surface area contributed by atoms with E-state index < -0.39 is 6.10 Å². The van der Waals surface area contributed by atoms with Crippen LogP contribution in [-0.2, 0) is 4.79 Å². The van der Waals surface area contributed by atoms with Gasteiger partial charge in [0, 0.05) is 5.69 Å². The first-order chi connectivity index (χ1) is 10.3. The third-order valence-corrected chi connectivity index (χ3v) is 3.37. The Balaban J connectivity index is 2.05. The van der Waals surface area contributed by atoms with Crippen molar-refractivity contribution in [2.24, 2.45) is 0 Å². The zero-order valence-corrected chi connectivity index (χ0v) is 13.9. The molecule has 1 atom stereocenters. The molecule has 0 radical (unpaired) electrons. The third kappa shape index (κ3) is 4.35. The predicted octanol–water partition coefficient (Wildman–Crippen LogP) is 4.33. The van der Waals surface area contributed by atoms with Crippen LogP contribution in [0.4, 0.5) is 5.69 Å². The van der Waals surface area contributed by atoms with Gasteiger partial charge in [0.2, 0.25) is 0 Å². The van der Waals surface area contributed by atoms with Gasteiger partial charge in [-0.2, -0.15) is 0 Å². The fourth-order valence-corrected chi connectivity index (χ4v) is 2.55. The Morgan fingerprint density at radius 2 is 1.32 bits per heavy atom. The van der Waals surface area contributed by atoms with Crippen molar-refractivity contribution in [3.05, 3.63) is 58.7 Å². The summed E-state index contributed by atoms with van der Waals surface area (Å²) in [5.74, 6) is 0.574. The highest BCUT2D eigenvalue weighted by Crippen LogP contribution is 2.19. The Kier molecular flexibility index (Phi) is 4.86. The number of ether oxygens (including phenoxy) is 1. The molecule has 2 aromatic carbocycles. The molecule has 0 saturated carbocycles. The second-order valence-electron chi connectivity index (χ2n) is 5.95. The van der Waals surface area contributed by atoms with Crippen LogP contribution in [0.1, 0.15) is 29.2 Å². The van der Waals surface area contributed by atoms with E-state index in [1.54, 1.807) is 6.92 Å². The van der Waals surface area contributed by atoms with Crippen LogP contribution < -0.4 is 10.1 Å². The van der Waals surface area contributed by atoms with Crippen molar-refractivity contribution in [1.82, 2.24) is 0 Å². The molecule has 0 aliphatic carbocycles. The maximum Gasteiger partial charge on any atom is 0.265 e. The molecule has 0 aliphatic heterocycles. The molecule has 0 aromatic heterocycles. The minimum atomic E-state index is -0.554. The van der Waals surface area contributed by atoms with Gasteiger partial charge < -0.3 is 10.1 Å². The third-order valence-electron chi connectivity index (χ3n) is 3.37. The van der Waals surface area contributed by atoms with Gasteiger partial charge in [-0.3, -0.25) is 4.79 Å². The highest BCUT2D eigenvalue weighted by atomic mass is 16.5. The topological polar surface area (TPSA) is 38.3 Å². The zero-order valence-electron chi connectivity index (χ0n) is 13.9. The number of carbonyl (C=O) groups excluding carboxylic acids is 1. The van der Waals surface area contributed by atoms with Crippen LogP contribution in [0, 0.1) is 27.7 Å². The molecule has 116 valence electrons. The lowest BCUT2D eigenvalue weighted by atomic mass is 10.1. The van der Waals surface area contributed by atoms with Crippen LogP contribution in [-0.4, -0.2) is 12.0 Å². The molecule has 0 bridgehead atoms. The van der Waals surface area contributed by atoms with Gasteiger partial charge in [0.1, 0.15) is 5.75 Å². The number of anilines is 1. The molecule has 1 amide bonds. The van der Waals surface area contributed by atoms with Crippen LogP contribution in [0.25, 0.3) is 0 Å². The average molecular weight is 297 g/mol. The van der Waals surface area contributed by atoms with Crippen LogP contribution in [0.5, 0.6) is 5.75 Å². The molecule has 22 heavy (non-hydrogen) atoms. The van der Waals surface area contributed by atoms with Crippen LogP contribution >= 0.6 is 0 Å². The maximum atomic E-state index is 12.3. The molecule has 1 N–H and O–H groups in total. The van der Waals surface area contributed by atoms with E-state index in [1.165, 1.54) is 0 Å². The first-order valence-electron chi connectivity index (χ1n) is 7.47. The average Bonchev–Trinajstić information content (AvgIpc) is 2.35. The van der Waals surface area contributed by atoms with Crippen LogP contribution in [0.3, 0.4) is 0 Å². The van der Waals surface area contributed by atoms with Crippen molar-refractivity contribution < 1.29 is 9.53 Å². The van der Waals surface area contributed by atoms with Gasteiger partial charge in [-0.25, -0.2) is 0 Å². The molecule has 0 fully saturated rings. The first-order valence-corrected chi connectivity index (χ1v) is 7.47. The van der Waals surface area contributed by atoms with Crippen LogP contribution in [0.2, 0.25) is 0 Å². The molecule has 2 rings (SSSR count). The monoisotopic (exact) mass is 297 g/mol. The molecule has 0 saturated heterocycles. The number of rotatable bonds is 4. The summed E-state index contributed by atoms with van der Waals surface area (Å²) in [5.41, 5.74) is 5.29. The summed E-state index contributed by atoms with van der Waals surface area (Å²) in [6.45, 7) is 9.81. The summed E-state index contributed by atoms with van der Waals surface area (Å²) in [6, 6.07) is 11.9. The van der Waals surface area contributed by atoms with Crippen molar-refractivity contribution in [3.63, 3.8) is 0 Å². The summed E-state index contributed by atoms with van der Waals surface area (Å²) >= 11 is 0. The fourth-order valence-electron chi connectivity index (χ4n) is 2.55. The molecule has 1 unspecified atom stereocenters. The summed E-state index contributed by atoms with van der Waals surface area (Å²) < 4.78 is 5.76. The minimum Gasteiger partial charge on any atom is -0.481 e. The lowest BCUT2D eigenvalue weighted by Gasteiger charge is -2.16. The number of carbonyl (C=O) groups is 1. The maximum absolute atomic E-state index is 12.3. The Labute approximate surface area is 132 Å². The van der Waals surface area contributed by atoms with E-state index >= 15 is 0 Å². The van der Waals surface area contributed by atoms with Gasteiger partial charge in [0.15, 0.2) is 6.10 Å². The van der Waals surface area contributed by atoms with E-state index in [0.29, 0.717) is 0 Å². The predicted molar refractivity (Wildman–Crippen MR) is 90.6 cm³/mol. The molecule has 3 heteroatoms. The van der Waals surface area contributed by atoms with Crippen molar-refractivity contribution in [2.45, 2.75) is 40.7 Å². The van der Waals surface area contributed by atoms with E-state index in [2.05, 4.69) is 17.4 Å². The number of hydrogen-bond donors (Lipinski definition) is 1. The van der Waals surface area contributed by atoms with E-state index in [0.717, 1.165) is 33.7 Å². The molecule has 3 nitrogen and oxygen atoms in total. The van der Waals surface area contributed by atoms with E-state index in [1.807, 2.05) is 52.0 Å². The summed E-state index contributed by atoms with van der Waals surface area (Å²) in [7, 11) is 0. The molecular weight excluding hydrogens is 274 g/mol. The van der Waals surface area contributed by atoms with Gasteiger partial charge in [-0.05, 0) is 81.1 Å². The van der Waals surface area contributed by atoms with E-state index in [-0.39, 0.29) is 5.91 Å². The van der Waals surface area contributed by atoms with Crippen molar-refractivity contribution >= 4 is 11.6 Å². The lowest BCUT2D eigenvalue weighted by Crippen LogP contribution is -2.30. The Morgan fingerprint density at radius 3 is 1.82 bits per heavy atom. The smallest absolute Gasteiger partial charge is 0.265 e. The number of aryl methyl sites for hydroxylation is 4. The second-order valence-corrected chi connectivity index (χ2v) is 5.95. The Hall–Kier alpha value is -2.29. The quantitative estimate of drug-likeness (QED) is 0.912. The molecule has 0 heterocycles. The van der Waals surface area contributed by atoms with Gasteiger partial charge >= 0.3 is 0 Å². The van der Waals surface area contributed by atoms with Gasteiger partial charge in [-0.1, -0.05) is 12.1 Å². The zero-order chi connectivity index (χ0) is 16.3. The van der Waals surface area contributed by atoms with E-state index in [4.69, 9.17) is 4.74 Å². The van der Waals surface area contributed by atoms with Crippen molar-refractivity contribution in [3.8, 4) is 5.75 Å². The number of amides is 1. The van der Waals surface area contributed by atoms with E-state index in [9.17, 15) is 4.79 Å². The van der Waals surface area contributed by atoms with Crippen molar-refractivity contribution in [1.29, 1.82) is 0 Å². The molecule has 0 aliphatic rings. The van der Waals surface area contributed by atoms with Crippen LogP contribution in [0.15, 0.2) is 36.4 Å². The number of benzene rings is 2. The molecule has 2 aromatic rings. The standard InChI is InChI=1S/C19H23NO2/c1-12-6-13(2)9-17(8-12)20-19(21)16(5)22-18-10-14(3)7-15(4)11-18/h6-11,16H,1-5H3,(H,20,21). The largest absolute Gasteiger partial charge is 0.481 e. The second kappa shape index (κ2) is 6.65. The van der Waals surface area contributed by atoms with Gasteiger partial charge in [0.25, 0.3) is 5.91 Å². The Morgan fingerprint density at radius 1 is 0.864 bits per heavy atom. The highest BCUT2D eigenvalue weighted by molar-refractivity contribution is 5.94. The summed E-state index contributed by atoms with van der Waals surface area (Å²) in [4.78, 5) is 12.3. The van der Waals surface area contributed by atoms with Gasteiger partial charge in [-0.15, -0.1) is 0 Å². The molecule has 0 spiro atoms. The summed E-state index contributed by atoms with van der Waals surface area (Å²) in [5, 5.41) is 2.91. The SMILES string of the molecule is Cc1cc(C)cc(NC(=O)C(C)Oc2cc(C)cc(C)c2)c1. The van der Waals surface area contributed by atoms with Gasteiger partial charge in [0.05, 0.1) is 0 Å². The minimum absolute atomic E-state index is 0.149. The first kappa shape index (κ1) is 16.1. The normalized spacial score (nSPS) is 11.9. The number of hydrogen-bond acceptors (Lipinski definition) is 2. The number of nitrogens with one attached hydrogen (secondary N) is 1. The van der Waals surface area contributed by atoms with Crippen molar-refractivity contribution in [2.75, 3.05) is 5.32 Å². The summed E-state index contributed by atoms with van der Waals surface area (Å²) in [6.07, 6.45) is -0.554.